The van der Waals surface area contributed by atoms with E-state index in [2.05, 4.69) is 34.8 Å². The maximum atomic E-state index is 10.5. The van der Waals surface area contributed by atoms with Crippen molar-refractivity contribution in [2.75, 3.05) is 0 Å². The van der Waals surface area contributed by atoms with Crippen LogP contribution in [0.5, 0.6) is 0 Å². The number of primary amides is 1. The number of carbonyl (C=O) groups excluding carboxylic acids is 1. The molecule has 2 amide bonds. The SMILES string of the molecule is NC(=O)NN=C1[C@H]2C=CC3C=C[C@H]1C32. The van der Waals surface area contributed by atoms with Gasteiger partial charge in [0.15, 0.2) is 0 Å². The first kappa shape index (κ1) is 7.79. The summed E-state index contributed by atoms with van der Waals surface area (Å²) in [6.45, 7) is 0. The number of hydrogen-bond donors (Lipinski definition) is 2. The number of amides is 2. The van der Waals surface area contributed by atoms with Gasteiger partial charge in [0.25, 0.3) is 0 Å². The van der Waals surface area contributed by atoms with E-state index in [-0.39, 0.29) is 0 Å². The lowest BCUT2D eigenvalue weighted by Crippen LogP contribution is -2.45. The van der Waals surface area contributed by atoms with Crippen molar-refractivity contribution in [3.8, 4) is 0 Å². The molecule has 2 atom stereocenters. The van der Waals surface area contributed by atoms with E-state index in [0.717, 1.165) is 5.71 Å². The van der Waals surface area contributed by atoms with E-state index in [0.29, 0.717) is 23.7 Å². The molecule has 3 N–H and O–H groups in total. The summed E-state index contributed by atoms with van der Waals surface area (Å²) >= 11 is 0. The Morgan fingerprint density at radius 2 is 1.93 bits per heavy atom. The number of nitrogens with two attached hydrogens (primary N) is 1. The molecule has 0 radical (unpaired) electrons. The van der Waals surface area contributed by atoms with Gasteiger partial charge in [0, 0.05) is 11.8 Å². The fraction of sp³-hybridized carbons (Fsp3) is 0.400. The summed E-state index contributed by atoms with van der Waals surface area (Å²) in [6.07, 6.45) is 8.80. The third kappa shape index (κ3) is 0.828. The molecule has 4 heteroatoms. The summed E-state index contributed by atoms with van der Waals surface area (Å²) in [7, 11) is 0. The predicted octanol–water partition coefficient (Wildman–Crippen LogP) is 0.629. The van der Waals surface area contributed by atoms with Crippen molar-refractivity contribution in [2.45, 2.75) is 0 Å². The number of rotatable bonds is 1. The fourth-order valence-corrected chi connectivity index (χ4v) is 2.74. The van der Waals surface area contributed by atoms with Crippen LogP contribution in [0, 0.1) is 23.7 Å². The first-order valence-corrected chi connectivity index (χ1v) is 4.77. The van der Waals surface area contributed by atoms with E-state index in [4.69, 9.17) is 5.73 Å². The van der Waals surface area contributed by atoms with Gasteiger partial charge in [-0.25, -0.2) is 10.2 Å². The normalized spacial score (nSPS) is 40.7. The molecule has 1 saturated carbocycles. The molecule has 3 aliphatic rings. The van der Waals surface area contributed by atoms with Crippen LogP contribution < -0.4 is 11.2 Å². The predicted molar refractivity (Wildman–Crippen MR) is 52.4 cm³/mol. The molecule has 0 saturated heterocycles. The molecule has 1 fully saturated rings. The van der Waals surface area contributed by atoms with E-state index < -0.39 is 6.03 Å². The first-order valence-electron chi connectivity index (χ1n) is 4.77. The van der Waals surface area contributed by atoms with Gasteiger partial charge in [-0.15, -0.1) is 0 Å². The molecule has 4 nitrogen and oxygen atoms in total. The van der Waals surface area contributed by atoms with Crippen molar-refractivity contribution in [1.82, 2.24) is 5.43 Å². The number of carbonyl (C=O) groups is 1. The first-order chi connectivity index (χ1) is 6.77. The number of hydrogen-bond acceptors (Lipinski definition) is 2. The lowest BCUT2D eigenvalue weighted by atomic mass is 9.65. The van der Waals surface area contributed by atoms with E-state index in [1.807, 2.05) is 0 Å². The van der Waals surface area contributed by atoms with Crippen LogP contribution in [0.15, 0.2) is 29.4 Å². The Balaban J connectivity index is 1.84. The number of hydrazone groups is 1. The van der Waals surface area contributed by atoms with E-state index in [9.17, 15) is 4.79 Å². The number of allylic oxidation sites excluding steroid dienone is 4. The molecule has 0 aromatic heterocycles. The Hall–Kier alpha value is -1.58. The third-order valence-corrected chi connectivity index (χ3v) is 3.33. The molecule has 0 aromatic carbocycles. The van der Waals surface area contributed by atoms with Gasteiger partial charge in [-0.05, 0) is 11.8 Å². The fourth-order valence-electron chi connectivity index (χ4n) is 2.74. The van der Waals surface area contributed by atoms with Crippen LogP contribution in [0.3, 0.4) is 0 Å². The minimum atomic E-state index is -0.596. The molecule has 0 heterocycles. The number of nitrogens with zero attached hydrogens (tertiary/aromatic N) is 1. The largest absolute Gasteiger partial charge is 0.350 e. The average Bonchev–Trinajstić information content (AvgIpc) is 2.55. The highest BCUT2D eigenvalue weighted by molar-refractivity contribution is 6.00. The van der Waals surface area contributed by atoms with Crippen LogP contribution in [0.25, 0.3) is 0 Å². The average molecular weight is 189 g/mol. The van der Waals surface area contributed by atoms with E-state index >= 15 is 0 Å². The molecule has 3 aliphatic carbocycles. The van der Waals surface area contributed by atoms with E-state index in [1.54, 1.807) is 0 Å². The van der Waals surface area contributed by atoms with Crippen LogP contribution in [0.2, 0.25) is 0 Å². The zero-order valence-corrected chi connectivity index (χ0v) is 7.55. The summed E-state index contributed by atoms with van der Waals surface area (Å²) < 4.78 is 0. The molecular formula is C10H11N3O. The van der Waals surface area contributed by atoms with Crippen LogP contribution in [-0.2, 0) is 0 Å². The maximum absolute atomic E-state index is 10.5. The van der Waals surface area contributed by atoms with Gasteiger partial charge in [0.05, 0.1) is 5.71 Å². The van der Waals surface area contributed by atoms with Gasteiger partial charge in [0.1, 0.15) is 0 Å². The van der Waals surface area contributed by atoms with Crippen molar-refractivity contribution in [1.29, 1.82) is 0 Å². The van der Waals surface area contributed by atoms with Crippen LogP contribution in [-0.4, -0.2) is 11.7 Å². The van der Waals surface area contributed by atoms with Gasteiger partial charge < -0.3 is 5.73 Å². The Labute approximate surface area is 81.5 Å². The third-order valence-electron chi connectivity index (χ3n) is 3.33. The molecule has 0 spiro atoms. The van der Waals surface area contributed by atoms with Crippen molar-refractivity contribution in [2.24, 2.45) is 34.5 Å². The molecule has 0 aliphatic heterocycles. The smallest absolute Gasteiger partial charge is 0.332 e. The summed E-state index contributed by atoms with van der Waals surface area (Å²) in [5.74, 6) is 2.11. The maximum Gasteiger partial charge on any atom is 0.332 e. The van der Waals surface area contributed by atoms with Gasteiger partial charge in [-0.1, -0.05) is 24.3 Å². The summed E-state index contributed by atoms with van der Waals surface area (Å²) in [5.41, 5.74) is 8.31. The Morgan fingerprint density at radius 3 is 2.50 bits per heavy atom. The Bertz CT molecular complexity index is 359. The second-order valence-corrected chi connectivity index (χ2v) is 3.99. The van der Waals surface area contributed by atoms with Crippen molar-refractivity contribution >= 4 is 11.7 Å². The molecule has 14 heavy (non-hydrogen) atoms. The van der Waals surface area contributed by atoms with Gasteiger partial charge >= 0.3 is 6.03 Å². The van der Waals surface area contributed by atoms with Crippen LogP contribution in [0.1, 0.15) is 0 Å². The lowest BCUT2D eigenvalue weighted by Gasteiger charge is -2.38. The lowest BCUT2D eigenvalue weighted by molar-refractivity contribution is 0.248. The summed E-state index contributed by atoms with van der Waals surface area (Å²) in [5, 5.41) is 4.04. The minimum Gasteiger partial charge on any atom is -0.350 e. The van der Waals surface area contributed by atoms with Crippen LogP contribution >= 0.6 is 0 Å². The van der Waals surface area contributed by atoms with Crippen LogP contribution in [0.4, 0.5) is 4.79 Å². The van der Waals surface area contributed by atoms with Gasteiger partial charge in [-0.2, -0.15) is 5.10 Å². The second-order valence-electron chi connectivity index (χ2n) is 3.99. The topological polar surface area (TPSA) is 67.5 Å². The Kier molecular flexibility index (Phi) is 1.37. The zero-order chi connectivity index (χ0) is 9.71. The highest BCUT2D eigenvalue weighted by Crippen LogP contribution is 2.53. The number of nitrogens with one attached hydrogen (secondary N) is 1. The summed E-state index contributed by atoms with van der Waals surface area (Å²) in [4.78, 5) is 10.5. The molecule has 0 aromatic rings. The van der Waals surface area contributed by atoms with Crippen molar-refractivity contribution in [3.63, 3.8) is 0 Å². The standard InChI is InChI=1S/C10H11N3O/c11-10(14)13-12-9-6-3-1-5-2-4-7(9)8(5)6/h1-8H,(H3,11,13,14)/t5?,6-,7-,8?/m0/s1. The van der Waals surface area contributed by atoms with Gasteiger partial charge in [-0.3, -0.25) is 0 Å². The molecule has 72 valence electrons. The van der Waals surface area contributed by atoms with Crippen molar-refractivity contribution < 1.29 is 4.79 Å². The van der Waals surface area contributed by atoms with E-state index in [1.165, 1.54) is 0 Å². The molecule has 0 bridgehead atoms. The highest BCUT2D eigenvalue weighted by Gasteiger charge is 2.53. The summed E-state index contributed by atoms with van der Waals surface area (Å²) in [6, 6.07) is -0.596. The number of urea groups is 1. The second kappa shape index (κ2) is 2.47. The molecular weight excluding hydrogens is 178 g/mol. The molecule has 3 rings (SSSR count). The monoisotopic (exact) mass is 189 g/mol. The molecule has 0 unspecified atom stereocenters. The van der Waals surface area contributed by atoms with Crippen molar-refractivity contribution in [3.05, 3.63) is 24.3 Å². The minimum absolute atomic E-state index is 0.423. The highest BCUT2D eigenvalue weighted by atomic mass is 16.2. The quantitative estimate of drug-likeness (QED) is 0.461. The zero-order valence-electron chi connectivity index (χ0n) is 7.55. The Morgan fingerprint density at radius 1 is 1.29 bits per heavy atom. The van der Waals surface area contributed by atoms with Gasteiger partial charge in [0.2, 0.25) is 0 Å².